The third-order valence-corrected chi connectivity index (χ3v) is 4.77. The lowest BCUT2D eigenvalue weighted by Crippen LogP contribution is -2.40. The number of rotatable bonds is 8. The molecule has 32 heavy (non-hydrogen) atoms. The van der Waals surface area contributed by atoms with Crippen LogP contribution < -0.4 is 21.7 Å². The Hall–Kier alpha value is -4.01. The van der Waals surface area contributed by atoms with Crippen LogP contribution in [0, 0.1) is 5.92 Å². The molecule has 0 unspecified atom stereocenters. The molecule has 2 aromatic carbocycles. The van der Waals surface area contributed by atoms with Gasteiger partial charge < -0.3 is 21.7 Å². The third-order valence-electron chi connectivity index (χ3n) is 4.77. The first-order valence-corrected chi connectivity index (χ1v) is 10.2. The van der Waals surface area contributed by atoms with Crippen LogP contribution in [0.2, 0.25) is 0 Å². The fourth-order valence-electron chi connectivity index (χ4n) is 3.23. The van der Waals surface area contributed by atoms with E-state index >= 15 is 0 Å². The average molecular weight is 435 g/mol. The van der Waals surface area contributed by atoms with E-state index in [1.54, 1.807) is 24.3 Å². The Morgan fingerprint density at radius 2 is 1.78 bits per heavy atom. The fraction of sp³-hybridized carbons (Fsp3) is 0.261. The number of nitrogens with zero attached hydrogens (tertiary/aromatic N) is 2. The van der Waals surface area contributed by atoms with E-state index in [4.69, 9.17) is 5.73 Å². The van der Waals surface area contributed by atoms with Gasteiger partial charge in [-0.1, -0.05) is 32.0 Å². The minimum Gasteiger partial charge on any atom is -0.368 e. The molecule has 0 aliphatic rings. The number of primary amides is 1. The van der Waals surface area contributed by atoms with Gasteiger partial charge in [0.2, 0.25) is 11.8 Å². The van der Waals surface area contributed by atoms with Gasteiger partial charge in [0, 0.05) is 23.6 Å². The Morgan fingerprint density at radius 3 is 2.47 bits per heavy atom. The van der Waals surface area contributed by atoms with Gasteiger partial charge in [-0.2, -0.15) is 0 Å². The summed E-state index contributed by atoms with van der Waals surface area (Å²) in [4.78, 5) is 44.8. The second-order valence-electron chi connectivity index (χ2n) is 7.72. The van der Waals surface area contributed by atoms with Crippen LogP contribution in [0.4, 0.5) is 11.5 Å². The molecule has 0 aliphatic carbocycles. The van der Waals surface area contributed by atoms with Crippen LogP contribution in [0.3, 0.4) is 0 Å². The number of benzene rings is 2. The summed E-state index contributed by atoms with van der Waals surface area (Å²) in [5.74, 6) is -0.213. The molecular formula is C23H26N6O3. The van der Waals surface area contributed by atoms with E-state index in [0.29, 0.717) is 28.4 Å². The van der Waals surface area contributed by atoms with Crippen LogP contribution in [0.5, 0.6) is 0 Å². The topological polar surface area (TPSA) is 139 Å². The highest BCUT2D eigenvalue weighted by Crippen LogP contribution is 2.22. The maximum atomic E-state index is 12.6. The lowest BCUT2D eigenvalue weighted by Gasteiger charge is -2.21. The molecule has 0 radical (unpaired) electrons. The van der Waals surface area contributed by atoms with Crippen LogP contribution in [-0.4, -0.2) is 33.7 Å². The number of hydrogen-bond donors (Lipinski definition) is 4. The summed E-state index contributed by atoms with van der Waals surface area (Å²) >= 11 is 0. The summed E-state index contributed by atoms with van der Waals surface area (Å²) in [5.41, 5.74) is 7.14. The minimum atomic E-state index is -0.604. The highest BCUT2D eigenvalue weighted by atomic mass is 16.2. The highest BCUT2D eigenvalue weighted by molar-refractivity contribution is 5.97. The Bertz CT molecular complexity index is 1160. The van der Waals surface area contributed by atoms with Crippen LogP contribution in [0.15, 0.2) is 48.5 Å². The molecule has 3 amide bonds. The van der Waals surface area contributed by atoms with E-state index in [9.17, 15) is 14.4 Å². The number of hydrogen-bond acceptors (Lipinski definition) is 6. The largest absolute Gasteiger partial charge is 0.368 e. The van der Waals surface area contributed by atoms with Crippen molar-refractivity contribution in [1.82, 2.24) is 15.3 Å². The lowest BCUT2D eigenvalue weighted by atomic mass is 10.0. The first-order valence-electron chi connectivity index (χ1n) is 10.2. The van der Waals surface area contributed by atoms with Gasteiger partial charge in [0.05, 0.1) is 12.1 Å². The molecule has 0 spiro atoms. The van der Waals surface area contributed by atoms with Gasteiger partial charge in [0.25, 0.3) is 5.91 Å². The molecule has 0 saturated carbocycles. The number of aromatic nitrogens is 2. The van der Waals surface area contributed by atoms with Gasteiger partial charge in [-0.3, -0.25) is 14.4 Å². The highest BCUT2D eigenvalue weighted by Gasteiger charge is 2.21. The molecule has 3 rings (SSSR count). The predicted molar refractivity (Wildman–Crippen MR) is 123 cm³/mol. The first kappa shape index (κ1) is 22.7. The molecule has 0 aliphatic heterocycles. The summed E-state index contributed by atoms with van der Waals surface area (Å²) in [7, 11) is 0. The van der Waals surface area contributed by atoms with E-state index < -0.39 is 11.9 Å². The summed E-state index contributed by atoms with van der Waals surface area (Å²) in [5, 5.41) is 9.31. The summed E-state index contributed by atoms with van der Waals surface area (Å²) < 4.78 is 0. The van der Waals surface area contributed by atoms with E-state index in [1.807, 2.05) is 38.1 Å². The molecule has 1 atom stereocenters. The zero-order valence-corrected chi connectivity index (χ0v) is 18.2. The summed E-state index contributed by atoms with van der Waals surface area (Å²) in [6, 6.07) is 13.4. The van der Waals surface area contributed by atoms with Gasteiger partial charge in [0.15, 0.2) is 5.82 Å². The maximum Gasteiger partial charge on any atom is 0.251 e. The molecular weight excluding hydrogens is 408 g/mol. The standard InChI is InChI=1S/C23H26N6O3/c1-13(2)20(21(24)31)29-22-17-9-4-5-10-18(17)27-19(28-22)12-25-23(32)15-7-6-8-16(11-15)26-14(3)30/h4-11,13,20H,12H2,1-3H3,(H2,24,31)(H,25,32)(H,26,30)(H,27,28,29)/t20-/m0/s1. The number of para-hydroxylation sites is 1. The Kier molecular flexibility index (Phi) is 6.99. The molecule has 5 N–H and O–H groups in total. The monoisotopic (exact) mass is 434 g/mol. The molecule has 3 aromatic rings. The Morgan fingerprint density at radius 1 is 1.03 bits per heavy atom. The molecule has 0 saturated heterocycles. The van der Waals surface area contributed by atoms with Crippen molar-refractivity contribution in [1.29, 1.82) is 0 Å². The van der Waals surface area contributed by atoms with Crippen LogP contribution in [0.25, 0.3) is 10.9 Å². The molecule has 9 nitrogen and oxygen atoms in total. The van der Waals surface area contributed by atoms with E-state index in [0.717, 1.165) is 5.39 Å². The molecule has 0 bridgehead atoms. The first-order chi connectivity index (χ1) is 15.2. The number of carbonyl (C=O) groups is 3. The van der Waals surface area contributed by atoms with Crippen molar-refractivity contribution in [2.45, 2.75) is 33.4 Å². The Labute approximate surface area is 185 Å². The number of amides is 3. The van der Waals surface area contributed by atoms with Crippen LogP contribution in [-0.2, 0) is 16.1 Å². The van der Waals surface area contributed by atoms with Gasteiger partial charge in [-0.15, -0.1) is 0 Å². The van der Waals surface area contributed by atoms with Crippen molar-refractivity contribution in [3.63, 3.8) is 0 Å². The second-order valence-corrected chi connectivity index (χ2v) is 7.72. The van der Waals surface area contributed by atoms with E-state index in [1.165, 1.54) is 6.92 Å². The number of anilines is 2. The normalized spacial score (nSPS) is 11.8. The lowest BCUT2D eigenvalue weighted by molar-refractivity contribution is -0.119. The fourth-order valence-corrected chi connectivity index (χ4v) is 3.23. The number of nitrogens with one attached hydrogen (secondary N) is 3. The SMILES string of the molecule is CC(=O)Nc1cccc(C(=O)NCc2nc(N[C@H](C(N)=O)C(C)C)c3ccccc3n2)c1. The molecule has 1 aromatic heterocycles. The Balaban J connectivity index is 1.82. The molecule has 166 valence electrons. The molecule has 9 heteroatoms. The quantitative estimate of drug-likeness (QED) is 0.429. The van der Waals surface area contributed by atoms with Crippen molar-refractivity contribution in [3.05, 3.63) is 59.9 Å². The van der Waals surface area contributed by atoms with E-state index in [-0.39, 0.29) is 24.3 Å². The van der Waals surface area contributed by atoms with Crippen LogP contribution >= 0.6 is 0 Å². The van der Waals surface area contributed by atoms with Crippen molar-refractivity contribution < 1.29 is 14.4 Å². The zero-order valence-electron chi connectivity index (χ0n) is 18.2. The number of nitrogens with two attached hydrogens (primary N) is 1. The smallest absolute Gasteiger partial charge is 0.251 e. The van der Waals surface area contributed by atoms with Crippen molar-refractivity contribution in [2.75, 3.05) is 10.6 Å². The maximum absolute atomic E-state index is 12.6. The van der Waals surface area contributed by atoms with Crippen molar-refractivity contribution in [2.24, 2.45) is 11.7 Å². The van der Waals surface area contributed by atoms with E-state index in [2.05, 4.69) is 25.9 Å². The zero-order chi connectivity index (χ0) is 23.3. The molecule has 1 heterocycles. The average Bonchev–Trinajstić information content (AvgIpc) is 2.74. The van der Waals surface area contributed by atoms with Gasteiger partial charge >= 0.3 is 0 Å². The summed E-state index contributed by atoms with van der Waals surface area (Å²) in [6.45, 7) is 5.26. The molecule has 0 fully saturated rings. The van der Waals surface area contributed by atoms with Gasteiger partial charge in [-0.05, 0) is 36.2 Å². The second kappa shape index (κ2) is 9.86. The predicted octanol–water partition coefficient (Wildman–Crippen LogP) is 2.44. The number of fused-ring (bicyclic) bond motifs is 1. The minimum absolute atomic E-state index is 0.0414. The van der Waals surface area contributed by atoms with Crippen molar-refractivity contribution >= 4 is 40.1 Å². The van der Waals surface area contributed by atoms with Crippen LogP contribution in [0.1, 0.15) is 37.0 Å². The summed E-state index contributed by atoms with van der Waals surface area (Å²) in [6.07, 6.45) is 0. The van der Waals surface area contributed by atoms with Gasteiger partial charge in [-0.25, -0.2) is 9.97 Å². The van der Waals surface area contributed by atoms with Gasteiger partial charge in [0.1, 0.15) is 11.9 Å². The van der Waals surface area contributed by atoms with Crippen molar-refractivity contribution in [3.8, 4) is 0 Å². The number of carbonyl (C=O) groups excluding carboxylic acids is 3. The third kappa shape index (κ3) is 5.57.